The molecule has 1 aromatic carbocycles. The molecule has 2 aromatic heterocycles. The number of thiophene rings is 1. The van der Waals surface area contributed by atoms with Crippen LogP contribution in [0.25, 0.3) is 5.00 Å². The van der Waals surface area contributed by atoms with Crippen LogP contribution in [0.3, 0.4) is 0 Å². The Kier molecular flexibility index (Phi) is 6.24. The van der Waals surface area contributed by atoms with Crippen molar-refractivity contribution in [3.8, 4) is 5.00 Å². The normalized spacial score (nSPS) is 22.7. The van der Waals surface area contributed by atoms with E-state index in [0.29, 0.717) is 12.0 Å². The zero-order valence-corrected chi connectivity index (χ0v) is 23.6. The largest absolute Gasteiger partial charge is 0.381 e. The molecular formula is C29H34ClN5O2S. The van der Waals surface area contributed by atoms with Crippen LogP contribution in [-0.4, -0.2) is 62.5 Å². The first kappa shape index (κ1) is 24.9. The molecule has 2 fully saturated rings. The summed E-state index contributed by atoms with van der Waals surface area (Å²) >= 11 is 8.64. The van der Waals surface area contributed by atoms with Gasteiger partial charge < -0.3 is 9.84 Å². The summed E-state index contributed by atoms with van der Waals surface area (Å²) < 4.78 is 7.82. The molecule has 1 N–H and O–H groups in total. The van der Waals surface area contributed by atoms with Gasteiger partial charge in [-0.05, 0) is 76.0 Å². The molecule has 2 aliphatic carbocycles. The van der Waals surface area contributed by atoms with E-state index in [0.717, 1.165) is 92.7 Å². The van der Waals surface area contributed by atoms with E-state index in [4.69, 9.17) is 21.3 Å². The zero-order valence-electron chi connectivity index (χ0n) is 22.0. The molecule has 7 rings (SSSR count). The van der Waals surface area contributed by atoms with Crippen molar-refractivity contribution in [3.63, 3.8) is 0 Å². The standard InChI is InChI=1S/C29H34ClN5O2S/c1-3-34(19-8-12-37-13-9-19)24(36)16-18-14-21-23(15-18)38-27-25(21)26(20-6-4-5-7-22(20)30)31-29(10-11-29)28-33-32-17(2)35(27)28/h4-7,18-19,24,36H,3,8-16H2,1-2H3/t18-,24?/m0/s1. The van der Waals surface area contributed by atoms with Gasteiger partial charge in [-0.3, -0.25) is 14.5 Å². The van der Waals surface area contributed by atoms with Crippen molar-refractivity contribution in [2.75, 3.05) is 19.8 Å². The Balaban J connectivity index is 1.25. The minimum Gasteiger partial charge on any atom is -0.381 e. The Morgan fingerprint density at radius 3 is 2.74 bits per heavy atom. The van der Waals surface area contributed by atoms with Gasteiger partial charge in [0.25, 0.3) is 0 Å². The number of benzene rings is 1. The Morgan fingerprint density at radius 1 is 1.21 bits per heavy atom. The first-order chi connectivity index (χ1) is 18.5. The van der Waals surface area contributed by atoms with Gasteiger partial charge in [0.15, 0.2) is 5.82 Å². The highest BCUT2D eigenvalue weighted by molar-refractivity contribution is 7.15. The molecule has 7 nitrogen and oxygen atoms in total. The topological polar surface area (TPSA) is 75.8 Å². The first-order valence-electron chi connectivity index (χ1n) is 13.9. The quantitative estimate of drug-likeness (QED) is 0.434. The maximum atomic E-state index is 11.3. The number of aliphatic imine (C=N–C) groups is 1. The smallest absolute Gasteiger partial charge is 0.166 e. The van der Waals surface area contributed by atoms with Crippen LogP contribution < -0.4 is 0 Å². The van der Waals surface area contributed by atoms with Crippen molar-refractivity contribution >= 4 is 28.6 Å². The van der Waals surface area contributed by atoms with Crippen molar-refractivity contribution in [2.45, 2.75) is 76.6 Å². The summed E-state index contributed by atoms with van der Waals surface area (Å²) in [7, 11) is 0. The summed E-state index contributed by atoms with van der Waals surface area (Å²) in [6, 6.07) is 8.47. The molecule has 0 bridgehead atoms. The number of aryl methyl sites for hydroxylation is 1. The number of hydrogen-bond acceptors (Lipinski definition) is 7. The lowest BCUT2D eigenvalue weighted by Crippen LogP contribution is -2.46. The van der Waals surface area contributed by atoms with Crippen molar-refractivity contribution in [3.05, 3.63) is 62.5 Å². The van der Waals surface area contributed by atoms with Gasteiger partial charge in [0, 0.05) is 40.3 Å². The molecule has 4 heterocycles. The molecule has 0 radical (unpaired) electrons. The molecule has 2 aliphatic heterocycles. The number of rotatable bonds is 6. The minimum atomic E-state index is -0.432. The number of aromatic nitrogens is 3. The lowest BCUT2D eigenvalue weighted by molar-refractivity contribution is -0.0645. The number of fused-ring (bicyclic) bond motifs is 6. The lowest BCUT2D eigenvalue weighted by atomic mass is 9.95. The second kappa shape index (κ2) is 9.52. The van der Waals surface area contributed by atoms with Gasteiger partial charge in [0.2, 0.25) is 0 Å². The molecule has 1 saturated heterocycles. The molecule has 2 atom stereocenters. The molecule has 1 saturated carbocycles. The summed E-state index contributed by atoms with van der Waals surface area (Å²) in [6.45, 7) is 6.63. The number of nitrogens with zero attached hydrogens (tertiary/aromatic N) is 5. The van der Waals surface area contributed by atoms with Crippen LogP contribution in [0.5, 0.6) is 0 Å². The monoisotopic (exact) mass is 551 g/mol. The maximum absolute atomic E-state index is 11.3. The van der Waals surface area contributed by atoms with E-state index in [1.807, 2.05) is 36.5 Å². The van der Waals surface area contributed by atoms with E-state index in [1.165, 1.54) is 21.0 Å². The summed E-state index contributed by atoms with van der Waals surface area (Å²) in [4.78, 5) is 9.11. The van der Waals surface area contributed by atoms with Crippen LogP contribution >= 0.6 is 22.9 Å². The number of aliphatic hydroxyl groups is 1. The Hall–Kier alpha value is -2.10. The van der Waals surface area contributed by atoms with Crippen molar-refractivity contribution < 1.29 is 9.84 Å². The average Bonchev–Trinajstić information content (AvgIpc) is 3.28. The van der Waals surface area contributed by atoms with Gasteiger partial charge in [-0.25, -0.2) is 0 Å². The Labute approximate surface area is 232 Å². The highest BCUT2D eigenvalue weighted by Crippen LogP contribution is 2.54. The van der Waals surface area contributed by atoms with E-state index >= 15 is 0 Å². The fourth-order valence-corrected chi connectivity index (χ4v) is 8.48. The minimum absolute atomic E-state index is 0.319. The molecule has 1 spiro atoms. The third-order valence-corrected chi connectivity index (χ3v) is 10.4. The van der Waals surface area contributed by atoms with Crippen LogP contribution in [0.1, 0.15) is 72.2 Å². The highest BCUT2D eigenvalue weighted by atomic mass is 35.5. The third-order valence-electron chi connectivity index (χ3n) is 8.85. The maximum Gasteiger partial charge on any atom is 0.166 e. The SMILES string of the molecule is CCN(C(O)C[C@@H]1Cc2sc3c(c2C1)C(c1ccccc1Cl)=NC1(CC1)c1nnc(C)n1-3)C1CCOCC1. The van der Waals surface area contributed by atoms with Crippen LogP contribution in [0.2, 0.25) is 5.02 Å². The Morgan fingerprint density at radius 2 is 2.00 bits per heavy atom. The molecule has 1 unspecified atom stereocenters. The molecule has 3 aromatic rings. The number of halogens is 1. The number of ether oxygens (including phenoxy) is 1. The van der Waals surface area contributed by atoms with E-state index in [9.17, 15) is 5.11 Å². The predicted octanol–water partition coefficient (Wildman–Crippen LogP) is 5.05. The van der Waals surface area contributed by atoms with Gasteiger partial charge in [0.05, 0.1) is 5.71 Å². The molecule has 9 heteroatoms. The van der Waals surface area contributed by atoms with Gasteiger partial charge in [-0.15, -0.1) is 21.5 Å². The van der Waals surface area contributed by atoms with Crippen LogP contribution in [-0.2, 0) is 23.1 Å². The van der Waals surface area contributed by atoms with Crippen molar-refractivity contribution in [2.24, 2.45) is 10.9 Å². The van der Waals surface area contributed by atoms with Crippen LogP contribution in [0.4, 0.5) is 0 Å². The van der Waals surface area contributed by atoms with Gasteiger partial charge in [-0.1, -0.05) is 36.7 Å². The molecule has 4 aliphatic rings. The van der Waals surface area contributed by atoms with E-state index in [-0.39, 0.29) is 5.54 Å². The van der Waals surface area contributed by atoms with Gasteiger partial charge in [-0.2, -0.15) is 0 Å². The first-order valence-corrected chi connectivity index (χ1v) is 15.1. The van der Waals surface area contributed by atoms with Gasteiger partial charge in [0.1, 0.15) is 22.6 Å². The third kappa shape index (κ3) is 3.99. The van der Waals surface area contributed by atoms with E-state index < -0.39 is 6.23 Å². The molecule has 0 amide bonds. The summed E-state index contributed by atoms with van der Waals surface area (Å²) in [5.41, 5.74) is 4.22. The van der Waals surface area contributed by atoms with Crippen molar-refractivity contribution in [1.29, 1.82) is 0 Å². The van der Waals surface area contributed by atoms with E-state index in [1.54, 1.807) is 0 Å². The van der Waals surface area contributed by atoms with Crippen LogP contribution in [0.15, 0.2) is 29.3 Å². The van der Waals surface area contributed by atoms with E-state index in [2.05, 4.69) is 32.7 Å². The summed E-state index contributed by atoms with van der Waals surface area (Å²) in [5, 5.41) is 22.3. The number of hydrogen-bond donors (Lipinski definition) is 1. The second-order valence-electron chi connectivity index (χ2n) is 11.2. The highest BCUT2D eigenvalue weighted by Gasteiger charge is 2.52. The molecule has 200 valence electrons. The molecule has 38 heavy (non-hydrogen) atoms. The molecular weight excluding hydrogens is 518 g/mol. The number of aliphatic hydroxyl groups excluding tert-OH is 1. The lowest BCUT2D eigenvalue weighted by Gasteiger charge is -2.37. The average molecular weight is 552 g/mol. The fourth-order valence-electron chi connectivity index (χ4n) is 6.76. The second-order valence-corrected chi connectivity index (χ2v) is 12.7. The predicted molar refractivity (Wildman–Crippen MR) is 150 cm³/mol. The summed E-state index contributed by atoms with van der Waals surface area (Å²) in [5.74, 6) is 2.27. The fraction of sp³-hybridized carbons (Fsp3) is 0.552. The van der Waals surface area contributed by atoms with Gasteiger partial charge >= 0.3 is 0 Å². The van der Waals surface area contributed by atoms with Crippen molar-refractivity contribution in [1.82, 2.24) is 19.7 Å². The zero-order chi connectivity index (χ0) is 26.0. The van der Waals surface area contributed by atoms with Crippen LogP contribution in [0, 0.1) is 12.8 Å². The summed E-state index contributed by atoms with van der Waals surface area (Å²) in [6.07, 6.45) is 6.21. The Bertz CT molecular complexity index is 1400.